The highest BCUT2D eigenvalue weighted by Gasteiger charge is 2.18. The number of aliphatic hydroxyl groups is 1. The molecule has 0 aliphatic rings. The van der Waals surface area contributed by atoms with Crippen LogP contribution in [0.4, 0.5) is 0 Å². The quantitative estimate of drug-likeness (QED) is 0.432. The highest BCUT2D eigenvalue weighted by atomic mass is 127. The van der Waals surface area contributed by atoms with Gasteiger partial charge in [0.05, 0.1) is 7.05 Å². The molecule has 0 bridgehead atoms. The van der Waals surface area contributed by atoms with Gasteiger partial charge >= 0.3 is 0 Å². The van der Waals surface area contributed by atoms with Gasteiger partial charge in [-0.05, 0) is 55.7 Å². The number of ether oxygens (including phenoxy) is 1. The fourth-order valence-corrected chi connectivity index (χ4v) is 2.96. The third-order valence-corrected chi connectivity index (χ3v) is 4.53. The molecule has 1 heterocycles. The summed E-state index contributed by atoms with van der Waals surface area (Å²) in [6, 6.07) is 12.2. The van der Waals surface area contributed by atoms with Crippen LogP contribution in [-0.4, -0.2) is 22.4 Å². The number of fused-ring (bicyclic) bond motifs is 1. The molecule has 1 atom stereocenters. The van der Waals surface area contributed by atoms with Crippen molar-refractivity contribution in [3.05, 3.63) is 59.4 Å². The summed E-state index contributed by atoms with van der Waals surface area (Å²) in [4.78, 5) is 0. The molecule has 0 saturated carbocycles. The van der Waals surface area contributed by atoms with E-state index in [1.165, 1.54) is 16.6 Å². The van der Waals surface area contributed by atoms with Crippen molar-refractivity contribution >= 4 is 11.0 Å². The average Bonchev–Trinajstić information content (AvgIpc) is 2.83. The molecule has 25 heavy (non-hydrogen) atoms. The third-order valence-electron chi connectivity index (χ3n) is 4.53. The lowest BCUT2D eigenvalue weighted by Crippen LogP contribution is -3.00. The molecule has 1 unspecified atom stereocenters. The number of aliphatic hydroxyl groups excluding tert-OH is 1. The van der Waals surface area contributed by atoms with Crippen molar-refractivity contribution in [3.8, 4) is 5.75 Å². The summed E-state index contributed by atoms with van der Waals surface area (Å²) in [5.74, 6) is 0.825. The van der Waals surface area contributed by atoms with Gasteiger partial charge in [0, 0.05) is 0 Å². The summed E-state index contributed by atoms with van der Waals surface area (Å²) in [5.41, 5.74) is 5.92. The van der Waals surface area contributed by atoms with Crippen LogP contribution in [0.15, 0.2) is 42.7 Å². The lowest BCUT2D eigenvalue weighted by Gasteiger charge is -2.12. The molecule has 2 aromatic carbocycles. The van der Waals surface area contributed by atoms with Gasteiger partial charge in [0.15, 0.2) is 11.0 Å². The molecule has 3 rings (SSSR count). The van der Waals surface area contributed by atoms with Gasteiger partial charge in [-0.25, -0.2) is 9.13 Å². The number of imidazole rings is 1. The molecule has 1 N–H and O–H groups in total. The van der Waals surface area contributed by atoms with Crippen molar-refractivity contribution in [1.29, 1.82) is 0 Å². The van der Waals surface area contributed by atoms with Gasteiger partial charge in [-0.2, -0.15) is 0 Å². The number of hydrogen-bond donors (Lipinski definition) is 1. The van der Waals surface area contributed by atoms with E-state index in [0.717, 1.165) is 16.8 Å². The molecule has 0 aliphatic carbocycles. The number of hydrogen-bond acceptors (Lipinski definition) is 2. The van der Waals surface area contributed by atoms with E-state index in [2.05, 4.69) is 35.1 Å². The van der Waals surface area contributed by atoms with Crippen molar-refractivity contribution < 1.29 is 38.4 Å². The van der Waals surface area contributed by atoms with Crippen LogP contribution in [0.1, 0.15) is 16.7 Å². The van der Waals surface area contributed by atoms with E-state index in [9.17, 15) is 5.11 Å². The van der Waals surface area contributed by atoms with Crippen LogP contribution in [-0.2, 0) is 13.6 Å². The second-order valence-electron chi connectivity index (χ2n) is 6.53. The summed E-state index contributed by atoms with van der Waals surface area (Å²) >= 11 is 0. The number of halogens is 1. The van der Waals surface area contributed by atoms with Gasteiger partial charge in [-0.15, -0.1) is 0 Å². The first kappa shape index (κ1) is 19.7. The largest absolute Gasteiger partial charge is 1.00 e. The van der Waals surface area contributed by atoms with Gasteiger partial charge in [0.2, 0.25) is 6.33 Å². The van der Waals surface area contributed by atoms with Crippen molar-refractivity contribution in [1.82, 2.24) is 4.57 Å². The van der Waals surface area contributed by atoms with Crippen LogP contribution in [0.25, 0.3) is 11.0 Å². The maximum atomic E-state index is 10.4. The van der Waals surface area contributed by atoms with E-state index >= 15 is 0 Å². The Labute approximate surface area is 166 Å². The Bertz CT molecular complexity index is 874. The molecule has 0 radical (unpaired) electrons. The van der Waals surface area contributed by atoms with E-state index in [1.54, 1.807) is 0 Å². The second-order valence-corrected chi connectivity index (χ2v) is 6.53. The average molecular weight is 452 g/mol. The SMILES string of the molecule is Cc1cc2c(cc1C)[n+](C)cn2CC(O)COc1ccccc1C.[I-]. The maximum absolute atomic E-state index is 10.4. The van der Waals surface area contributed by atoms with Crippen molar-refractivity contribution in [2.45, 2.75) is 33.4 Å². The van der Waals surface area contributed by atoms with Gasteiger partial charge < -0.3 is 33.8 Å². The van der Waals surface area contributed by atoms with Crippen LogP contribution in [0.5, 0.6) is 5.75 Å². The van der Waals surface area contributed by atoms with E-state index in [1.807, 2.05) is 44.6 Å². The fourth-order valence-electron chi connectivity index (χ4n) is 2.96. The highest BCUT2D eigenvalue weighted by Crippen LogP contribution is 2.19. The smallest absolute Gasteiger partial charge is 0.244 e. The van der Waals surface area contributed by atoms with E-state index < -0.39 is 6.10 Å². The minimum absolute atomic E-state index is 0. The fraction of sp³-hybridized carbons (Fsp3) is 0.350. The van der Waals surface area contributed by atoms with Crippen LogP contribution in [0.2, 0.25) is 0 Å². The molecular weight excluding hydrogens is 427 g/mol. The molecule has 0 aliphatic heterocycles. The molecule has 1 aromatic heterocycles. The highest BCUT2D eigenvalue weighted by molar-refractivity contribution is 5.74. The van der Waals surface area contributed by atoms with Crippen LogP contribution < -0.4 is 33.3 Å². The molecule has 3 aromatic rings. The second kappa shape index (κ2) is 8.19. The third kappa shape index (κ3) is 4.33. The van der Waals surface area contributed by atoms with Crippen LogP contribution >= 0.6 is 0 Å². The monoisotopic (exact) mass is 452 g/mol. The minimum atomic E-state index is -0.568. The molecule has 4 nitrogen and oxygen atoms in total. The lowest BCUT2D eigenvalue weighted by molar-refractivity contribution is -0.645. The van der Waals surface area contributed by atoms with E-state index in [0.29, 0.717) is 6.54 Å². The Balaban J connectivity index is 0.00000225. The molecule has 0 spiro atoms. The number of rotatable bonds is 5. The van der Waals surface area contributed by atoms with E-state index in [-0.39, 0.29) is 30.6 Å². The number of aromatic nitrogens is 2. The Morgan fingerprint density at radius 1 is 1.08 bits per heavy atom. The first-order valence-electron chi connectivity index (χ1n) is 8.28. The van der Waals surface area contributed by atoms with Gasteiger partial charge in [-0.3, -0.25) is 0 Å². The van der Waals surface area contributed by atoms with Crippen LogP contribution in [0.3, 0.4) is 0 Å². The van der Waals surface area contributed by atoms with Gasteiger partial charge in [0.25, 0.3) is 0 Å². The van der Waals surface area contributed by atoms with Crippen LogP contribution in [0, 0.1) is 20.8 Å². The predicted octanol–water partition coefficient (Wildman–Crippen LogP) is -0.165. The Hall–Kier alpha value is -1.60. The number of para-hydroxylation sites is 1. The zero-order valence-corrected chi connectivity index (χ0v) is 17.3. The normalized spacial score (nSPS) is 12.0. The minimum Gasteiger partial charge on any atom is -1.00 e. The number of aryl methyl sites for hydroxylation is 4. The Morgan fingerprint density at radius 2 is 1.76 bits per heavy atom. The lowest BCUT2D eigenvalue weighted by atomic mass is 10.1. The Morgan fingerprint density at radius 3 is 2.48 bits per heavy atom. The molecule has 5 heteroatoms. The molecule has 0 amide bonds. The molecule has 0 fully saturated rings. The summed E-state index contributed by atoms with van der Waals surface area (Å²) < 4.78 is 9.95. The zero-order valence-electron chi connectivity index (χ0n) is 15.2. The zero-order chi connectivity index (χ0) is 17.3. The molecule has 134 valence electrons. The number of nitrogens with zero attached hydrogens (tertiary/aromatic N) is 2. The summed E-state index contributed by atoms with van der Waals surface area (Å²) in [7, 11) is 2.03. The topological polar surface area (TPSA) is 38.3 Å². The summed E-state index contributed by atoms with van der Waals surface area (Å²) in [6.45, 7) is 7.03. The number of benzene rings is 2. The van der Waals surface area contributed by atoms with E-state index in [4.69, 9.17) is 4.74 Å². The maximum Gasteiger partial charge on any atom is 0.244 e. The van der Waals surface area contributed by atoms with Crippen molar-refractivity contribution in [3.63, 3.8) is 0 Å². The van der Waals surface area contributed by atoms with Crippen molar-refractivity contribution in [2.24, 2.45) is 7.05 Å². The predicted molar refractivity (Wildman–Crippen MR) is 95.3 cm³/mol. The van der Waals surface area contributed by atoms with Gasteiger partial charge in [0.1, 0.15) is 25.0 Å². The summed E-state index contributed by atoms with van der Waals surface area (Å²) in [5, 5.41) is 10.4. The molecule has 0 saturated heterocycles. The van der Waals surface area contributed by atoms with Crippen molar-refractivity contribution in [2.75, 3.05) is 6.61 Å². The first-order valence-corrected chi connectivity index (χ1v) is 8.28. The van der Waals surface area contributed by atoms with Gasteiger partial charge in [-0.1, -0.05) is 18.2 Å². The first-order chi connectivity index (χ1) is 11.5. The standard InChI is InChI=1S/C20H25N2O2.HI/c1-14-7-5-6-8-20(14)24-12-17(23)11-22-13-21(4)18-9-15(2)16(3)10-19(18)22;/h5-10,13,17,23H,11-12H2,1-4H3;1H/q+1;/p-1. The summed E-state index contributed by atoms with van der Waals surface area (Å²) in [6.07, 6.45) is 1.46. The Kier molecular flexibility index (Phi) is 6.46. The molecular formula is C20H25IN2O2.